The van der Waals surface area contributed by atoms with Crippen LogP contribution in [0.15, 0.2) is 18.2 Å². The van der Waals surface area contributed by atoms with Crippen LogP contribution >= 0.6 is 11.6 Å². The molecule has 7 nitrogen and oxygen atoms in total. The minimum Gasteiger partial charge on any atom is -0.323 e. The first-order valence-corrected chi connectivity index (χ1v) is 7.46. The van der Waals surface area contributed by atoms with Crippen LogP contribution in [0.3, 0.4) is 0 Å². The van der Waals surface area contributed by atoms with Crippen LogP contribution in [-0.2, 0) is 14.4 Å². The fourth-order valence-electron chi connectivity index (χ4n) is 2.17. The number of carbonyl (C=O) groups excluding carboxylic acids is 4. The highest BCUT2D eigenvalue weighted by molar-refractivity contribution is 6.45. The Morgan fingerprint density at radius 3 is 2.43 bits per heavy atom. The Morgan fingerprint density at radius 1 is 1.17 bits per heavy atom. The second-order valence-electron chi connectivity index (χ2n) is 5.16. The molecule has 0 aliphatic carbocycles. The number of nitrogens with one attached hydrogen (secondary N) is 1. The molecule has 1 N–H and O–H groups in total. The van der Waals surface area contributed by atoms with Gasteiger partial charge in [-0.3, -0.25) is 19.3 Å². The van der Waals surface area contributed by atoms with Crippen molar-refractivity contribution in [3.8, 4) is 0 Å². The molecule has 1 aromatic rings. The third-order valence-electron chi connectivity index (χ3n) is 3.28. The van der Waals surface area contributed by atoms with E-state index in [1.807, 2.05) is 6.92 Å². The van der Waals surface area contributed by atoms with Crippen LogP contribution in [0.2, 0.25) is 5.02 Å². The van der Waals surface area contributed by atoms with Gasteiger partial charge in [0.25, 0.3) is 0 Å². The van der Waals surface area contributed by atoms with Gasteiger partial charge < -0.3 is 5.32 Å². The number of halogens is 1. The average molecular weight is 338 g/mol. The van der Waals surface area contributed by atoms with Crippen molar-refractivity contribution < 1.29 is 19.2 Å². The fraction of sp³-hybridized carbons (Fsp3) is 0.333. The van der Waals surface area contributed by atoms with E-state index in [-0.39, 0.29) is 6.54 Å². The molecule has 1 heterocycles. The quantitative estimate of drug-likeness (QED) is 0.655. The van der Waals surface area contributed by atoms with E-state index in [4.69, 9.17) is 11.6 Å². The number of benzene rings is 1. The van der Waals surface area contributed by atoms with Crippen molar-refractivity contribution in [3.05, 3.63) is 28.8 Å². The van der Waals surface area contributed by atoms with Crippen LogP contribution in [-0.4, -0.2) is 46.6 Å². The van der Waals surface area contributed by atoms with Crippen LogP contribution < -0.4 is 5.32 Å². The van der Waals surface area contributed by atoms with E-state index in [1.54, 1.807) is 25.1 Å². The number of aryl methyl sites for hydroxylation is 1. The summed E-state index contributed by atoms with van der Waals surface area (Å²) in [5.41, 5.74) is 1.30. The number of nitrogens with zero attached hydrogens (tertiary/aromatic N) is 2. The molecular weight excluding hydrogens is 322 g/mol. The predicted molar refractivity (Wildman–Crippen MR) is 83.9 cm³/mol. The summed E-state index contributed by atoms with van der Waals surface area (Å²) in [7, 11) is 0. The van der Waals surface area contributed by atoms with E-state index in [1.165, 1.54) is 0 Å². The van der Waals surface area contributed by atoms with Gasteiger partial charge in [0.1, 0.15) is 6.54 Å². The summed E-state index contributed by atoms with van der Waals surface area (Å²) in [4.78, 5) is 49.0. The van der Waals surface area contributed by atoms with Crippen molar-refractivity contribution in [1.29, 1.82) is 0 Å². The largest absolute Gasteiger partial charge is 0.334 e. The zero-order valence-corrected chi connectivity index (χ0v) is 13.5. The molecule has 0 unspecified atom stereocenters. The Kier molecular flexibility index (Phi) is 5.00. The number of urea groups is 1. The second kappa shape index (κ2) is 6.78. The summed E-state index contributed by atoms with van der Waals surface area (Å²) in [6.45, 7) is 3.24. The zero-order valence-electron chi connectivity index (χ0n) is 12.8. The van der Waals surface area contributed by atoms with Crippen molar-refractivity contribution in [1.82, 2.24) is 9.80 Å². The fourth-order valence-corrected chi connectivity index (χ4v) is 2.45. The SMILES string of the molecule is CCCN1C(=O)C(=O)N(CC(=O)Nc2ccc(C)cc2Cl)C1=O. The smallest absolute Gasteiger partial charge is 0.323 e. The van der Waals surface area contributed by atoms with Crippen LogP contribution in [0, 0.1) is 6.92 Å². The summed E-state index contributed by atoms with van der Waals surface area (Å²) in [5, 5.41) is 2.87. The van der Waals surface area contributed by atoms with E-state index < -0.39 is 30.3 Å². The Labute approximate surface area is 138 Å². The third kappa shape index (κ3) is 3.50. The second-order valence-corrected chi connectivity index (χ2v) is 5.57. The summed E-state index contributed by atoms with van der Waals surface area (Å²) < 4.78 is 0. The van der Waals surface area contributed by atoms with Crippen molar-refractivity contribution >= 4 is 41.0 Å². The molecule has 1 aliphatic heterocycles. The van der Waals surface area contributed by atoms with Gasteiger partial charge in [0.15, 0.2) is 0 Å². The number of amides is 5. The van der Waals surface area contributed by atoms with E-state index in [0.717, 1.165) is 10.5 Å². The molecule has 0 aromatic heterocycles. The molecule has 5 amide bonds. The van der Waals surface area contributed by atoms with Gasteiger partial charge in [0.2, 0.25) is 5.91 Å². The van der Waals surface area contributed by atoms with E-state index in [2.05, 4.69) is 5.32 Å². The molecule has 1 aromatic carbocycles. The van der Waals surface area contributed by atoms with Crippen LogP contribution in [0.1, 0.15) is 18.9 Å². The minimum atomic E-state index is -0.992. The summed E-state index contributed by atoms with van der Waals surface area (Å²) in [6, 6.07) is 4.29. The summed E-state index contributed by atoms with van der Waals surface area (Å²) >= 11 is 6.01. The number of hydrogen-bond acceptors (Lipinski definition) is 4. The lowest BCUT2D eigenvalue weighted by Gasteiger charge is -2.15. The average Bonchev–Trinajstić information content (AvgIpc) is 2.68. The molecule has 8 heteroatoms. The number of hydrogen-bond donors (Lipinski definition) is 1. The molecule has 2 rings (SSSR count). The van der Waals surface area contributed by atoms with Gasteiger partial charge in [-0.15, -0.1) is 0 Å². The molecule has 0 radical (unpaired) electrons. The van der Waals surface area contributed by atoms with Gasteiger partial charge in [0, 0.05) is 6.54 Å². The predicted octanol–water partition coefficient (Wildman–Crippen LogP) is 1.79. The van der Waals surface area contributed by atoms with Gasteiger partial charge in [-0.1, -0.05) is 24.6 Å². The van der Waals surface area contributed by atoms with Gasteiger partial charge in [-0.2, -0.15) is 0 Å². The zero-order chi connectivity index (χ0) is 17.1. The molecule has 1 fully saturated rings. The highest BCUT2D eigenvalue weighted by Crippen LogP contribution is 2.22. The van der Waals surface area contributed by atoms with Crippen LogP contribution in [0.25, 0.3) is 0 Å². The molecule has 23 heavy (non-hydrogen) atoms. The lowest BCUT2D eigenvalue weighted by atomic mass is 10.2. The number of anilines is 1. The standard InChI is InChI=1S/C15H16ClN3O4/c1-3-6-18-13(21)14(22)19(15(18)23)8-12(20)17-11-5-4-9(2)7-10(11)16/h4-5,7H,3,6,8H2,1-2H3,(H,17,20). The third-order valence-corrected chi connectivity index (χ3v) is 3.60. The first kappa shape index (κ1) is 17.0. The normalized spacial score (nSPS) is 14.7. The van der Waals surface area contributed by atoms with Crippen molar-refractivity contribution in [2.45, 2.75) is 20.3 Å². The van der Waals surface area contributed by atoms with E-state index in [0.29, 0.717) is 22.0 Å². The lowest BCUT2D eigenvalue weighted by Crippen LogP contribution is -2.39. The number of rotatable bonds is 5. The highest BCUT2D eigenvalue weighted by Gasteiger charge is 2.44. The molecule has 0 atom stereocenters. The maximum absolute atomic E-state index is 12.0. The number of carbonyl (C=O) groups is 4. The first-order chi connectivity index (χ1) is 10.8. The Morgan fingerprint density at radius 2 is 1.83 bits per heavy atom. The Hall–Kier alpha value is -2.41. The minimum absolute atomic E-state index is 0.144. The molecular formula is C15H16ClN3O4. The molecule has 0 saturated carbocycles. The maximum Gasteiger partial charge on any atom is 0.334 e. The first-order valence-electron chi connectivity index (χ1n) is 7.08. The van der Waals surface area contributed by atoms with Crippen molar-refractivity contribution in [2.75, 3.05) is 18.4 Å². The maximum atomic E-state index is 12.0. The Bertz CT molecular complexity index is 689. The highest BCUT2D eigenvalue weighted by atomic mass is 35.5. The van der Waals surface area contributed by atoms with Gasteiger partial charge in [0.05, 0.1) is 10.7 Å². The van der Waals surface area contributed by atoms with Gasteiger partial charge in [-0.05, 0) is 31.0 Å². The summed E-state index contributed by atoms with van der Waals surface area (Å²) in [6.07, 6.45) is 0.532. The van der Waals surface area contributed by atoms with Gasteiger partial charge in [-0.25, -0.2) is 9.69 Å². The molecule has 1 aliphatic rings. The molecule has 1 saturated heterocycles. The van der Waals surface area contributed by atoms with Gasteiger partial charge >= 0.3 is 17.8 Å². The Balaban J connectivity index is 2.06. The topological polar surface area (TPSA) is 86.8 Å². The lowest BCUT2D eigenvalue weighted by molar-refractivity contribution is -0.143. The van der Waals surface area contributed by atoms with Crippen molar-refractivity contribution in [3.63, 3.8) is 0 Å². The summed E-state index contributed by atoms with van der Waals surface area (Å²) in [5.74, 6) is -2.50. The molecule has 0 bridgehead atoms. The number of imide groups is 2. The van der Waals surface area contributed by atoms with Crippen LogP contribution in [0.4, 0.5) is 10.5 Å². The monoisotopic (exact) mass is 337 g/mol. The molecule has 0 spiro atoms. The van der Waals surface area contributed by atoms with Crippen LogP contribution in [0.5, 0.6) is 0 Å². The van der Waals surface area contributed by atoms with E-state index in [9.17, 15) is 19.2 Å². The van der Waals surface area contributed by atoms with Crippen molar-refractivity contribution in [2.24, 2.45) is 0 Å². The van der Waals surface area contributed by atoms with E-state index >= 15 is 0 Å². The molecule has 122 valence electrons.